The van der Waals surface area contributed by atoms with Crippen LogP contribution in [0.1, 0.15) is 64.2 Å². The van der Waals surface area contributed by atoms with E-state index in [9.17, 15) is 8.78 Å². The molecule has 39 heavy (non-hydrogen) atoms. The standard InChI is InChI=1S/C33H37F3O3/c1-3-5-7-9-19-37-30-18-17-28(31(35)32(30)36)25-13-11-24(12-14-25)27-16-15-26(20-29(27)34)33-38-21-23(22-39-33)10-8-6-4-2/h4,6,11-18,20,23,33H,3,5,7-10,19,21-22H2,1-2H3/b6-4+. The van der Waals surface area contributed by atoms with Crippen LogP contribution in [0.3, 0.4) is 0 Å². The minimum Gasteiger partial charge on any atom is -0.490 e. The van der Waals surface area contributed by atoms with Crippen LogP contribution >= 0.6 is 0 Å². The first-order chi connectivity index (χ1) is 19.0. The zero-order valence-electron chi connectivity index (χ0n) is 22.7. The first-order valence-electron chi connectivity index (χ1n) is 13.9. The molecule has 0 spiro atoms. The van der Waals surface area contributed by atoms with E-state index in [4.69, 9.17) is 14.2 Å². The van der Waals surface area contributed by atoms with Gasteiger partial charge in [0.05, 0.1) is 19.8 Å². The molecular weight excluding hydrogens is 501 g/mol. The van der Waals surface area contributed by atoms with E-state index in [0.717, 1.165) is 38.5 Å². The molecule has 0 bridgehead atoms. The summed E-state index contributed by atoms with van der Waals surface area (Å²) in [5.41, 5.74) is 2.29. The third-order valence-corrected chi connectivity index (χ3v) is 7.02. The molecule has 0 saturated carbocycles. The van der Waals surface area contributed by atoms with Gasteiger partial charge in [-0.05, 0) is 55.5 Å². The Labute approximate surface area is 229 Å². The molecule has 0 aromatic heterocycles. The van der Waals surface area contributed by atoms with Gasteiger partial charge < -0.3 is 14.2 Å². The molecule has 1 aliphatic heterocycles. The summed E-state index contributed by atoms with van der Waals surface area (Å²) in [4.78, 5) is 0. The largest absolute Gasteiger partial charge is 0.490 e. The molecule has 3 nitrogen and oxygen atoms in total. The Morgan fingerprint density at radius 2 is 1.54 bits per heavy atom. The fourth-order valence-corrected chi connectivity index (χ4v) is 4.72. The average molecular weight is 539 g/mol. The lowest BCUT2D eigenvalue weighted by Crippen LogP contribution is -2.27. The number of hydrogen-bond donors (Lipinski definition) is 0. The summed E-state index contributed by atoms with van der Waals surface area (Å²) in [7, 11) is 0. The molecule has 1 saturated heterocycles. The van der Waals surface area contributed by atoms with Gasteiger partial charge in [-0.2, -0.15) is 4.39 Å². The maximum atomic E-state index is 15.1. The van der Waals surface area contributed by atoms with Crippen molar-refractivity contribution in [1.82, 2.24) is 0 Å². The quantitative estimate of drug-likeness (QED) is 0.170. The Hall–Kier alpha value is -3.09. The van der Waals surface area contributed by atoms with Crippen LogP contribution in [0.4, 0.5) is 13.2 Å². The highest BCUT2D eigenvalue weighted by atomic mass is 19.2. The highest BCUT2D eigenvalue weighted by Gasteiger charge is 2.24. The average Bonchev–Trinajstić information content (AvgIpc) is 2.96. The molecule has 0 unspecified atom stereocenters. The Balaban J connectivity index is 1.40. The highest BCUT2D eigenvalue weighted by molar-refractivity contribution is 5.71. The maximum Gasteiger partial charge on any atom is 0.201 e. The van der Waals surface area contributed by atoms with Gasteiger partial charge in [0, 0.05) is 22.6 Å². The van der Waals surface area contributed by atoms with Crippen molar-refractivity contribution in [2.45, 2.75) is 58.7 Å². The van der Waals surface area contributed by atoms with E-state index in [1.165, 1.54) is 18.2 Å². The van der Waals surface area contributed by atoms with Crippen molar-refractivity contribution in [2.75, 3.05) is 19.8 Å². The van der Waals surface area contributed by atoms with Crippen molar-refractivity contribution >= 4 is 0 Å². The first-order valence-corrected chi connectivity index (χ1v) is 13.9. The van der Waals surface area contributed by atoms with E-state index in [0.29, 0.717) is 48.0 Å². The van der Waals surface area contributed by atoms with Crippen LogP contribution in [0.2, 0.25) is 0 Å². The minimum atomic E-state index is -0.995. The molecule has 1 aliphatic rings. The third kappa shape index (κ3) is 7.52. The maximum absolute atomic E-state index is 15.1. The second-order valence-corrected chi connectivity index (χ2v) is 9.98. The monoisotopic (exact) mass is 538 g/mol. The van der Waals surface area contributed by atoms with Crippen LogP contribution in [0, 0.1) is 23.4 Å². The number of unbranched alkanes of at least 4 members (excludes halogenated alkanes) is 3. The van der Waals surface area contributed by atoms with E-state index in [1.807, 2.05) is 13.0 Å². The Bertz CT molecular complexity index is 1230. The van der Waals surface area contributed by atoms with Crippen molar-refractivity contribution in [1.29, 1.82) is 0 Å². The van der Waals surface area contributed by atoms with Crippen molar-refractivity contribution in [2.24, 2.45) is 5.92 Å². The summed E-state index contributed by atoms with van der Waals surface area (Å²) in [6, 6.07) is 14.6. The van der Waals surface area contributed by atoms with Crippen LogP contribution in [0.15, 0.2) is 66.7 Å². The van der Waals surface area contributed by atoms with Gasteiger partial charge in [0.25, 0.3) is 0 Å². The van der Waals surface area contributed by atoms with E-state index >= 15 is 4.39 Å². The molecule has 4 rings (SSSR count). The molecule has 6 heteroatoms. The van der Waals surface area contributed by atoms with Gasteiger partial charge in [-0.3, -0.25) is 0 Å². The number of hydrogen-bond acceptors (Lipinski definition) is 3. The zero-order chi connectivity index (χ0) is 27.6. The SMILES string of the molecule is C/C=C/CCC1COC(c2ccc(-c3ccc(-c4ccc(OCCCCCC)c(F)c4F)cc3)c(F)c2)OC1. The molecule has 0 radical (unpaired) electrons. The smallest absolute Gasteiger partial charge is 0.201 e. The number of rotatable bonds is 12. The lowest BCUT2D eigenvalue weighted by molar-refractivity contribution is -0.205. The molecule has 0 amide bonds. The molecule has 3 aromatic carbocycles. The van der Waals surface area contributed by atoms with Gasteiger partial charge in [-0.25, -0.2) is 8.78 Å². The van der Waals surface area contributed by atoms with Gasteiger partial charge in [0.1, 0.15) is 5.82 Å². The van der Waals surface area contributed by atoms with Gasteiger partial charge in [0.15, 0.2) is 17.9 Å². The van der Waals surface area contributed by atoms with Crippen LogP contribution < -0.4 is 4.74 Å². The Morgan fingerprint density at radius 3 is 2.21 bits per heavy atom. The Kier molecular flexibility index (Phi) is 10.6. The minimum absolute atomic E-state index is 0.0818. The second-order valence-electron chi connectivity index (χ2n) is 9.98. The molecule has 0 aliphatic carbocycles. The lowest BCUT2D eigenvalue weighted by Gasteiger charge is -2.29. The van der Waals surface area contributed by atoms with Crippen molar-refractivity contribution in [3.05, 3.63) is 89.8 Å². The topological polar surface area (TPSA) is 27.7 Å². The summed E-state index contributed by atoms with van der Waals surface area (Å²) >= 11 is 0. The molecule has 3 aromatic rings. The van der Waals surface area contributed by atoms with Crippen LogP contribution in [0.5, 0.6) is 5.75 Å². The summed E-state index contributed by atoms with van der Waals surface area (Å²) in [6.07, 6.45) is 9.53. The second kappa shape index (κ2) is 14.3. The van der Waals surface area contributed by atoms with Crippen LogP contribution in [-0.2, 0) is 9.47 Å². The fourth-order valence-electron chi connectivity index (χ4n) is 4.72. The van der Waals surface area contributed by atoms with Crippen molar-refractivity contribution in [3.8, 4) is 28.0 Å². The zero-order valence-corrected chi connectivity index (χ0v) is 22.7. The molecule has 1 heterocycles. The summed E-state index contributed by atoms with van der Waals surface area (Å²) in [5, 5.41) is 0. The van der Waals surface area contributed by atoms with Gasteiger partial charge in [-0.15, -0.1) is 0 Å². The third-order valence-electron chi connectivity index (χ3n) is 7.02. The van der Waals surface area contributed by atoms with Crippen molar-refractivity contribution < 1.29 is 27.4 Å². The Morgan fingerprint density at radius 1 is 0.846 bits per heavy atom. The predicted molar refractivity (Wildman–Crippen MR) is 149 cm³/mol. The predicted octanol–water partition coefficient (Wildman–Crippen LogP) is 9.41. The summed E-state index contributed by atoms with van der Waals surface area (Å²) in [5.74, 6) is -2.11. The summed E-state index contributed by atoms with van der Waals surface area (Å²) < 4.78 is 61.7. The first kappa shape index (κ1) is 28.9. The molecule has 208 valence electrons. The molecule has 1 fully saturated rings. The van der Waals surface area contributed by atoms with Crippen molar-refractivity contribution in [3.63, 3.8) is 0 Å². The molecular formula is C33H37F3O3. The number of allylic oxidation sites excluding steroid dienone is 2. The van der Waals surface area contributed by atoms with Gasteiger partial charge in [-0.1, -0.05) is 74.7 Å². The number of ether oxygens (including phenoxy) is 3. The van der Waals surface area contributed by atoms with Crippen LogP contribution in [-0.4, -0.2) is 19.8 Å². The van der Waals surface area contributed by atoms with E-state index < -0.39 is 23.7 Å². The normalized spacial score (nSPS) is 17.6. The molecule has 0 N–H and O–H groups in total. The fraction of sp³-hybridized carbons (Fsp3) is 0.394. The molecule has 0 atom stereocenters. The van der Waals surface area contributed by atoms with Gasteiger partial charge in [0.2, 0.25) is 5.82 Å². The van der Waals surface area contributed by atoms with E-state index in [1.54, 1.807) is 36.4 Å². The lowest BCUT2D eigenvalue weighted by atomic mass is 9.98. The number of halogens is 3. The van der Waals surface area contributed by atoms with E-state index in [-0.39, 0.29) is 11.3 Å². The van der Waals surface area contributed by atoms with Crippen LogP contribution in [0.25, 0.3) is 22.3 Å². The van der Waals surface area contributed by atoms with E-state index in [2.05, 4.69) is 13.0 Å². The highest BCUT2D eigenvalue weighted by Crippen LogP contribution is 2.34. The number of benzene rings is 3. The van der Waals surface area contributed by atoms with Gasteiger partial charge >= 0.3 is 0 Å². The summed E-state index contributed by atoms with van der Waals surface area (Å²) in [6.45, 7) is 5.62.